The van der Waals surface area contributed by atoms with E-state index in [0.29, 0.717) is 12.5 Å². The predicted molar refractivity (Wildman–Crippen MR) is 75.2 cm³/mol. The molecule has 0 bridgehead atoms. The Bertz CT molecular complexity index is 473. The number of benzene rings is 1. The van der Waals surface area contributed by atoms with Gasteiger partial charge in [0.1, 0.15) is 11.6 Å². The molecule has 110 valence electrons. The highest BCUT2D eigenvalue weighted by molar-refractivity contribution is 5.94. The predicted octanol–water partition coefficient (Wildman–Crippen LogP) is 1.99. The van der Waals surface area contributed by atoms with Crippen LogP contribution in [-0.4, -0.2) is 42.6 Å². The number of piperidine rings is 1. The lowest BCUT2D eigenvalue weighted by Gasteiger charge is -2.25. The largest absolute Gasteiger partial charge is 0.508 e. The van der Waals surface area contributed by atoms with Gasteiger partial charge < -0.3 is 15.3 Å². The Morgan fingerprint density at radius 1 is 1.45 bits per heavy atom. The second-order valence-electron chi connectivity index (χ2n) is 5.37. The SMILES string of the molecule is CN(CCC1CCNCC1)C(=O)c1ccc(O)cc1F. The van der Waals surface area contributed by atoms with Crippen LogP contribution < -0.4 is 5.32 Å². The molecule has 20 heavy (non-hydrogen) atoms. The van der Waals surface area contributed by atoms with Gasteiger partial charge in [-0.2, -0.15) is 0 Å². The third-order valence-corrected chi connectivity index (χ3v) is 3.86. The minimum Gasteiger partial charge on any atom is -0.508 e. The van der Waals surface area contributed by atoms with Crippen LogP contribution in [0.1, 0.15) is 29.6 Å². The third-order valence-electron chi connectivity index (χ3n) is 3.86. The van der Waals surface area contributed by atoms with Crippen LogP contribution in [-0.2, 0) is 0 Å². The van der Waals surface area contributed by atoms with Crippen molar-refractivity contribution in [1.82, 2.24) is 10.2 Å². The zero-order valence-corrected chi connectivity index (χ0v) is 11.7. The normalized spacial score (nSPS) is 16.1. The van der Waals surface area contributed by atoms with E-state index >= 15 is 0 Å². The van der Waals surface area contributed by atoms with Gasteiger partial charge in [0.25, 0.3) is 5.91 Å². The van der Waals surface area contributed by atoms with Crippen molar-refractivity contribution in [2.24, 2.45) is 5.92 Å². The standard InChI is InChI=1S/C15H21FN2O2/c1-18(9-6-11-4-7-17-8-5-11)15(20)13-3-2-12(19)10-14(13)16/h2-3,10-11,17,19H,4-9H2,1H3. The molecular weight excluding hydrogens is 259 g/mol. The maximum atomic E-state index is 13.6. The van der Waals surface area contributed by atoms with Gasteiger partial charge in [-0.1, -0.05) is 0 Å². The molecule has 1 aromatic rings. The molecule has 1 amide bonds. The smallest absolute Gasteiger partial charge is 0.256 e. The number of carbonyl (C=O) groups is 1. The van der Waals surface area contributed by atoms with Gasteiger partial charge in [-0.05, 0) is 50.4 Å². The zero-order valence-electron chi connectivity index (χ0n) is 11.7. The van der Waals surface area contributed by atoms with Gasteiger partial charge in [-0.15, -0.1) is 0 Å². The highest BCUT2D eigenvalue weighted by Gasteiger charge is 2.19. The van der Waals surface area contributed by atoms with Crippen molar-refractivity contribution in [3.05, 3.63) is 29.6 Å². The summed E-state index contributed by atoms with van der Waals surface area (Å²) in [5, 5.41) is 12.5. The first-order valence-electron chi connectivity index (χ1n) is 7.02. The monoisotopic (exact) mass is 280 g/mol. The molecule has 1 aromatic carbocycles. The Labute approximate surface area is 118 Å². The molecule has 1 aliphatic rings. The van der Waals surface area contributed by atoms with E-state index in [2.05, 4.69) is 5.32 Å². The van der Waals surface area contributed by atoms with E-state index in [1.54, 1.807) is 11.9 Å². The summed E-state index contributed by atoms with van der Waals surface area (Å²) < 4.78 is 13.6. The number of hydrogen-bond donors (Lipinski definition) is 2. The van der Waals surface area contributed by atoms with Crippen molar-refractivity contribution in [3.8, 4) is 5.75 Å². The van der Waals surface area contributed by atoms with Crippen LogP contribution in [0.3, 0.4) is 0 Å². The van der Waals surface area contributed by atoms with Crippen LogP contribution in [0, 0.1) is 11.7 Å². The fraction of sp³-hybridized carbons (Fsp3) is 0.533. The molecule has 1 heterocycles. The second kappa shape index (κ2) is 6.70. The zero-order chi connectivity index (χ0) is 14.5. The summed E-state index contributed by atoms with van der Waals surface area (Å²) in [7, 11) is 1.69. The molecule has 0 aliphatic carbocycles. The van der Waals surface area contributed by atoms with Crippen molar-refractivity contribution < 1.29 is 14.3 Å². The number of aromatic hydroxyl groups is 1. The van der Waals surface area contributed by atoms with Crippen molar-refractivity contribution in [3.63, 3.8) is 0 Å². The van der Waals surface area contributed by atoms with E-state index < -0.39 is 5.82 Å². The van der Waals surface area contributed by atoms with Crippen LogP contribution in [0.4, 0.5) is 4.39 Å². The Morgan fingerprint density at radius 3 is 2.80 bits per heavy atom. The summed E-state index contributed by atoms with van der Waals surface area (Å²) in [5.74, 6) is -0.548. The molecule has 0 atom stereocenters. The Morgan fingerprint density at radius 2 is 2.15 bits per heavy atom. The number of phenols is 1. The van der Waals surface area contributed by atoms with E-state index in [1.807, 2.05) is 0 Å². The second-order valence-corrected chi connectivity index (χ2v) is 5.37. The summed E-state index contributed by atoms with van der Waals surface area (Å²) in [6.45, 7) is 2.70. The first kappa shape index (κ1) is 14.8. The topological polar surface area (TPSA) is 52.6 Å². The van der Waals surface area contributed by atoms with Crippen molar-refractivity contribution in [2.75, 3.05) is 26.7 Å². The Kier molecular flexibility index (Phi) is 4.95. The van der Waals surface area contributed by atoms with E-state index in [0.717, 1.165) is 38.4 Å². The number of halogens is 1. The lowest BCUT2D eigenvalue weighted by molar-refractivity contribution is 0.0780. The average molecular weight is 280 g/mol. The van der Waals surface area contributed by atoms with Crippen LogP contribution in [0.5, 0.6) is 5.75 Å². The number of nitrogens with one attached hydrogen (secondary N) is 1. The molecule has 5 heteroatoms. The molecule has 0 saturated carbocycles. The van der Waals surface area contributed by atoms with Gasteiger partial charge in [-0.25, -0.2) is 4.39 Å². The fourth-order valence-corrected chi connectivity index (χ4v) is 2.53. The molecule has 2 rings (SSSR count). The van der Waals surface area contributed by atoms with Crippen LogP contribution >= 0.6 is 0 Å². The number of carbonyl (C=O) groups excluding carboxylic acids is 1. The number of nitrogens with zero attached hydrogens (tertiary/aromatic N) is 1. The quantitative estimate of drug-likeness (QED) is 0.887. The minimum atomic E-state index is -0.677. The molecule has 1 aliphatic heterocycles. The molecule has 4 nitrogen and oxygen atoms in total. The Hall–Kier alpha value is -1.62. The highest BCUT2D eigenvalue weighted by Crippen LogP contribution is 2.19. The summed E-state index contributed by atoms with van der Waals surface area (Å²) in [4.78, 5) is 13.7. The van der Waals surface area contributed by atoms with E-state index in [-0.39, 0.29) is 17.2 Å². The highest BCUT2D eigenvalue weighted by atomic mass is 19.1. The van der Waals surface area contributed by atoms with Crippen molar-refractivity contribution in [1.29, 1.82) is 0 Å². The van der Waals surface area contributed by atoms with Gasteiger partial charge in [0.05, 0.1) is 5.56 Å². The number of phenolic OH excluding ortho intramolecular Hbond substituents is 1. The maximum absolute atomic E-state index is 13.6. The first-order valence-corrected chi connectivity index (χ1v) is 7.02. The van der Waals surface area contributed by atoms with Gasteiger partial charge in [0, 0.05) is 19.7 Å². The molecule has 2 N–H and O–H groups in total. The molecule has 1 fully saturated rings. The summed E-state index contributed by atoms with van der Waals surface area (Å²) in [6.07, 6.45) is 3.22. The number of rotatable bonds is 4. The third kappa shape index (κ3) is 3.70. The lowest BCUT2D eigenvalue weighted by atomic mass is 9.94. The van der Waals surface area contributed by atoms with Gasteiger partial charge >= 0.3 is 0 Å². The minimum absolute atomic E-state index is 0.00982. The molecule has 0 spiro atoms. The molecular formula is C15H21FN2O2. The van der Waals surface area contributed by atoms with Crippen molar-refractivity contribution >= 4 is 5.91 Å². The summed E-state index contributed by atoms with van der Waals surface area (Å²) >= 11 is 0. The van der Waals surface area contributed by atoms with E-state index in [4.69, 9.17) is 5.11 Å². The van der Waals surface area contributed by atoms with Crippen LogP contribution in [0.25, 0.3) is 0 Å². The molecule has 0 aromatic heterocycles. The van der Waals surface area contributed by atoms with Crippen LogP contribution in [0.2, 0.25) is 0 Å². The van der Waals surface area contributed by atoms with E-state index in [1.165, 1.54) is 12.1 Å². The van der Waals surface area contributed by atoms with Gasteiger partial charge in [0.2, 0.25) is 0 Å². The number of amides is 1. The summed E-state index contributed by atoms with van der Waals surface area (Å²) in [5.41, 5.74) is 0.00982. The average Bonchev–Trinajstić information content (AvgIpc) is 2.45. The first-order chi connectivity index (χ1) is 9.58. The van der Waals surface area contributed by atoms with Crippen LogP contribution in [0.15, 0.2) is 18.2 Å². The van der Waals surface area contributed by atoms with Gasteiger partial charge in [-0.3, -0.25) is 4.79 Å². The molecule has 1 saturated heterocycles. The number of hydrogen-bond acceptors (Lipinski definition) is 3. The fourth-order valence-electron chi connectivity index (χ4n) is 2.53. The summed E-state index contributed by atoms with van der Waals surface area (Å²) in [6, 6.07) is 3.62. The Balaban J connectivity index is 1.90. The van der Waals surface area contributed by atoms with Gasteiger partial charge in [0.15, 0.2) is 0 Å². The lowest BCUT2D eigenvalue weighted by Crippen LogP contribution is -2.33. The maximum Gasteiger partial charge on any atom is 0.256 e. The molecule has 0 unspecified atom stereocenters. The van der Waals surface area contributed by atoms with E-state index in [9.17, 15) is 9.18 Å². The van der Waals surface area contributed by atoms with Crippen molar-refractivity contribution in [2.45, 2.75) is 19.3 Å². The molecule has 0 radical (unpaired) electrons.